The number of carboxylic acid groups (broad SMARTS) is 1. The Morgan fingerprint density at radius 1 is 1.47 bits per heavy atom. The molecule has 0 atom stereocenters. The van der Waals surface area contributed by atoms with E-state index in [1.54, 1.807) is 6.92 Å². The Hall–Kier alpha value is -2.04. The molecule has 0 aromatic heterocycles. The summed E-state index contributed by atoms with van der Waals surface area (Å²) in [4.78, 5) is 22.2. The van der Waals surface area contributed by atoms with Crippen LogP contribution in [0.5, 0.6) is 0 Å². The van der Waals surface area contributed by atoms with Crippen molar-refractivity contribution in [2.24, 2.45) is 0 Å². The first-order valence-corrected chi connectivity index (χ1v) is 4.36. The number of benzene rings is 1. The molecule has 1 aromatic rings. The number of hydrogen-bond acceptors (Lipinski definition) is 4. The topological polar surface area (TPSA) is 89.6 Å². The number of carbonyl (C=O) groups is 2. The van der Waals surface area contributed by atoms with Gasteiger partial charge in [0.15, 0.2) is 0 Å². The van der Waals surface area contributed by atoms with E-state index >= 15 is 0 Å². The fraction of sp³-hybridized carbons (Fsp3) is 0.200. The Bertz CT molecular complexity index is 400. The van der Waals surface area contributed by atoms with Gasteiger partial charge < -0.3 is 15.6 Å². The van der Waals surface area contributed by atoms with Crippen molar-refractivity contribution in [1.82, 2.24) is 0 Å². The molecule has 0 amide bonds. The molecule has 3 N–H and O–H groups in total. The van der Waals surface area contributed by atoms with Crippen molar-refractivity contribution in [3.05, 3.63) is 29.3 Å². The third-order valence-corrected chi connectivity index (χ3v) is 1.81. The van der Waals surface area contributed by atoms with Gasteiger partial charge in [0.25, 0.3) is 0 Å². The summed E-state index contributed by atoms with van der Waals surface area (Å²) in [6.07, 6.45) is 0. The maximum absolute atomic E-state index is 11.4. The number of nitrogen functional groups attached to an aromatic ring is 1. The van der Waals surface area contributed by atoms with Gasteiger partial charge in [0.05, 0.1) is 17.7 Å². The molecule has 0 saturated heterocycles. The number of hydrogen-bond donors (Lipinski definition) is 2. The van der Waals surface area contributed by atoms with Crippen LogP contribution in [-0.4, -0.2) is 23.7 Å². The van der Waals surface area contributed by atoms with E-state index in [2.05, 4.69) is 0 Å². The molecule has 0 aliphatic carbocycles. The second-order valence-electron chi connectivity index (χ2n) is 2.80. The lowest BCUT2D eigenvalue weighted by Crippen LogP contribution is -2.14. The van der Waals surface area contributed by atoms with Crippen LogP contribution in [-0.2, 0) is 4.74 Å². The molecule has 0 aliphatic heterocycles. The second kappa shape index (κ2) is 4.45. The van der Waals surface area contributed by atoms with Crippen LogP contribution >= 0.6 is 0 Å². The Morgan fingerprint density at radius 3 is 2.67 bits per heavy atom. The zero-order valence-corrected chi connectivity index (χ0v) is 8.19. The number of aromatic carboxylic acids is 1. The summed E-state index contributed by atoms with van der Waals surface area (Å²) < 4.78 is 4.72. The minimum absolute atomic E-state index is 0.0909. The van der Waals surface area contributed by atoms with E-state index in [-0.39, 0.29) is 23.4 Å². The summed E-state index contributed by atoms with van der Waals surface area (Å²) in [7, 11) is 0. The molecule has 0 spiro atoms. The maximum atomic E-state index is 11.4. The van der Waals surface area contributed by atoms with E-state index < -0.39 is 11.9 Å². The predicted molar refractivity (Wildman–Crippen MR) is 53.8 cm³/mol. The molecule has 1 rings (SSSR count). The minimum Gasteiger partial charge on any atom is -0.478 e. The average molecular weight is 209 g/mol. The van der Waals surface area contributed by atoms with Gasteiger partial charge >= 0.3 is 11.9 Å². The third kappa shape index (κ3) is 2.25. The number of carboxylic acids is 1. The van der Waals surface area contributed by atoms with Crippen LogP contribution in [0.2, 0.25) is 0 Å². The molecule has 0 fully saturated rings. The third-order valence-electron chi connectivity index (χ3n) is 1.81. The number of anilines is 1. The van der Waals surface area contributed by atoms with Crippen molar-refractivity contribution in [2.75, 3.05) is 12.3 Å². The van der Waals surface area contributed by atoms with Crippen molar-refractivity contribution < 1.29 is 19.4 Å². The molecule has 0 saturated carbocycles. The van der Waals surface area contributed by atoms with E-state index in [0.29, 0.717) is 0 Å². The smallest absolute Gasteiger partial charge is 0.341 e. The van der Waals surface area contributed by atoms with Crippen LogP contribution in [0.25, 0.3) is 0 Å². The number of esters is 1. The molecule has 0 bridgehead atoms. The van der Waals surface area contributed by atoms with E-state index in [9.17, 15) is 9.59 Å². The summed E-state index contributed by atoms with van der Waals surface area (Å²) in [5, 5.41) is 8.84. The van der Waals surface area contributed by atoms with Gasteiger partial charge in [0, 0.05) is 5.69 Å². The van der Waals surface area contributed by atoms with Crippen molar-refractivity contribution in [3.8, 4) is 0 Å². The summed E-state index contributed by atoms with van der Waals surface area (Å²) >= 11 is 0. The molecular weight excluding hydrogens is 198 g/mol. The van der Waals surface area contributed by atoms with Crippen molar-refractivity contribution >= 4 is 17.6 Å². The van der Waals surface area contributed by atoms with Gasteiger partial charge in [0.1, 0.15) is 0 Å². The van der Waals surface area contributed by atoms with E-state index in [1.807, 2.05) is 0 Å². The van der Waals surface area contributed by atoms with Crippen LogP contribution in [0, 0.1) is 0 Å². The van der Waals surface area contributed by atoms with Gasteiger partial charge in [-0.05, 0) is 19.1 Å². The standard InChI is InChI=1S/C10H11NO4/c1-2-15-10(14)8-6(9(12)13)4-3-5-7(8)11/h3-5H,2,11H2,1H3,(H,12,13). The first-order chi connectivity index (χ1) is 7.07. The van der Waals surface area contributed by atoms with Crippen LogP contribution < -0.4 is 5.73 Å². The molecule has 0 aliphatic rings. The lowest BCUT2D eigenvalue weighted by molar-refractivity contribution is 0.0516. The highest BCUT2D eigenvalue weighted by Crippen LogP contribution is 2.18. The highest BCUT2D eigenvalue weighted by molar-refractivity contribution is 6.06. The number of rotatable bonds is 3. The van der Waals surface area contributed by atoms with Gasteiger partial charge in [-0.2, -0.15) is 0 Å². The first-order valence-electron chi connectivity index (χ1n) is 4.36. The predicted octanol–water partition coefficient (Wildman–Crippen LogP) is 1.14. The zero-order valence-electron chi connectivity index (χ0n) is 8.19. The molecule has 80 valence electrons. The van der Waals surface area contributed by atoms with Crippen LogP contribution in [0.3, 0.4) is 0 Å². The highest BCUT2D eigenvalue weighted by atomic mass is 16.5. The van der Waals surface area contributed by atoms with Crippen molar-refractivity contribution in [1.29, 1.82) is 0 Å². The van der Waals surface area contributed by atoms with E-state index in [1.165, 1.54) is 18.2 Å². The molecule has 0 heterocycles. The molecule has 15 heavy (non-hydrogen) atoms. The normalized spacial score (nSPS) is 9.67. The molecule has 1 aromatic carbocycles. The minimum atomic E-state index is -1.20. The van der Waals surface area contributed by atoms with Crippen molar-refractivity contribution in [3.63, 3.8) is 0 Å². The second-order valence-corrected chi connectivity index (χ2v) is 2.80. The van der Waals surface area contributed by atoms with Gasteiger partial charge in [-0.3, -0.25) is 0 Å². The van der Waals surface area contributed by atoms with Gasteiger partial charge in [-0.15, -0.1) is 0 Å². The lowest BCUT2D eigenvalue weighted by Gasteiger charge is -2.07. The highest BCUT2D eigenvalue weighted by Gasteiger charge is 2.19. The number of ether oxygens (including phenoxy) is 1. The Kier molecular flexibility index (Phi) is 3.28. The lowest BCUT2D eigenvalue weighted by atomic mass is 10.1. The maximum Gasteiger partial charge on any atom is 0.341 e. The summed E-state index contributed by atoms with van der Waals surface area (Å²) in [6.45, 7) is 1.81. The number of nitrogens with two attached hydrogens (primary N) is 1. The number of carbonyl (C=O) groups excluding carboxylic acids is 1. The average Bonchev–Trinajstić information content (AvgIpc) is 2.17. The molecule has 5 heteroatoms. The van der Waals surface area contributed by atoms with Crippen LogP contribution in [0.1, 0.15) is 27.6 Å². The zero-order chi connectivity index (χ0) is 11.4. The Balaban J connectivity index is 3.24. The Morgan fingerprint density at radius 2 is 2.13 bits per heavy atom. The quantitative estimate of drug-likeness (QED) is 0.575. The van der Waals surface area contributed by atoms with Gasteiger partial charge in [-0.25, -0.2) is 9.59 Å². The van der Waals surface area contributed by atoms with E-state index in [0.717, 1.165) is 0 Å². The monoisotopic (exact) mass is 209 g/mol. The summed E-state index contributed by atoms with van der Waals surface area (Å²) in [5.41, 5.74) is 5.40. The van der Waals surface area contributed by atoms with Crippen molar-refractivity contribution in [2.45, 2.75) is 6.92 Å². The molecular formula is C10H11NO4. The van der Waals surface area contributed by atoms with E-state index in [4.69, 9.17) is 15.6 Å². The Labute approximate surface area is 86.5 Å². The fourth-order valence-corrected chi connectivity index (χ4v) is 1.18. The molecule has 0 unspecified atom stereocenters. The molecule has 5 nitrogen and oxygen atoms in total. The largest absolute Gasteiger partial charge is 0.478 e. The van der Waals surface area contributed by atoms with Crippen LogP contribution in [0.4, 0.5) is 5.69 Å². The summed E-state index contributed by atoms with van der Waals surface area (Å²) in [5.74, 6) is -1.92. The van der Waals surface area contributed by atoms with Gasteiger partial charge in [0.2, 0.25) is 0 Å². The fourth-order valence-electron chi connectivity index (χ4n) is 1.18. The molecule has 0 radical (unpaired) electrons. The van der Waals surface area contributed by atoms with Gasteiger partial charge in [-0.1, -0.05) is 6.07 Å². The SMILES string of the molecule is CCOC(=O)c1c(N)cccc1C(=O)O. The summed E-state index contributed by atoms with van der Waals surface area (Å²) in [6, 6.07) is 4.24. The van der Waals surface area contributed by atoms with Crippen LogP contribution in [0.15, 0.2) is 18.2 Å². The first kappa shape index (κ1) is 11.0.